The van der Waals surface area contributed by atoms with Gasteiger partial charge in [-0.05, 0) is 42.3 Å². The Morgan fingerprint density at radius 3 is 2.65 bits per heavy atom. The van der Waals surface area contributed by atoms with Crippen molar-refractivity contribution in [2.75, 3.05) is 38.3 Å². The van der Waals surface area contributed by atoms with Crippen LogP contribution in [0.3, 0.4) is 0 Å². The molecule has 0 bridgehead atoms. The van der Waals surface area contributed by atoms with Crippen LogP contribution in [0.2, 0.25) is 0 Å². The van der Waals surface area contributed by atoms with Gasteiger partial charge in [-0.1, -0.05) is 18.2 Å². The average Bonchev–Trinajstić information content (AvgIpc) is 3.10. The second kappa shape index (κ2) is 7.25. The third-order valence-corrected chi connectivity index (χ3v) is 4.77. The summed E-state index contributed by atoms with van der Waals surface area (Å²) >= 11 is 0. The number of ether oxygens (including phenoxy) is 2. The molecule has 0 unspecified atom stereocenters. The second-order valence-corrected chi connectivity index (χ2v) is 6.75. The monoisotopic (exact) mass is 353 g/mol. The molecule has 136 valence electrons. The molecular formula is C20H23N3O3. The molecule has 6 heteroatoms. The largest absolute Gasteiger partial charge is 0.454 e. The van der Waals surface area contributed by atoms with Crippen molar-refractivity contribution in [3.05, 3.63) is 53.6 Å². The van der Waals surface area contributed by atoms with Gasteiger partial charge in [0.1, 0.15) is 0 Å². The highest BCUT2D eigenvalue weighted by Gasteiger charge is 2.22. The van der Waals surface area contributed by atoms with Crippen LogP contribution in [0.4, 0.5) is 10.5 Å². The summed E-state index contributed by atoms with van der Waals surface area (Å²) < 4.78 is 10.8. The van der Waals surface area contributed by atoms with Crippen molar-refractivity contribution >= 4 is 11.7 Å². The van der Waals surface area contributed by atoms with E-state index in [1.165, 1.54) is 5.56 Å². The lowest BCUT2D eigenvalue weighted by atomic mass is 10.1. The SMILES string of the molecule is Cc1cccc(NC(=O)N2CCN(Cc3ccc4c(c3)OCO4)CC2)c1. The Balaban J connectivity index is 1.29. The van der Waals surface area contributed by atoms with Gasteiger partial charge < -0.3 is 19.7 Å². The predicted molar refractivity (Wildman–Crippen MR) is 99.6 cm³/mol. The molecule has 0 aliphatic carbocycles. The van der Waals surface area contributed by atoms with E-state index in [1.807, 2.05) is 48.2 Å². The maximum Gasteiger partial charge on any atom is 0.321 e. The minimum absolute atomic E-state index is 0.0293. The molecule has 0 atom stereocenters. The third-order valence-electron chi connectivity index (χ3n) is 4.77. The Labute approximate surface area is 153 Å². The smallest absolute Gasteiger partial charge is 0.321 e. The van der Waals surface area contributed by atoms with Crippen molar-refractivity contribution in [3.8, 4) is 11.5 Å². The molecule has 0 aromatic heterocycles. The molecule has 2 aromatic rings. The number of hydrogen-bond donors (Lipinski definition) is 1. The summed E-state index contributed by atoms with van der Waals surface area (Å²) in [6.45, 7) is 6.33. The molecule has 1 N–H and O–H groups in total. The standard InChI is InChI=1S/C20H23N3O3/c1-15-3-2-4-17(11-15)21-20(24)23-9-7-22(8-10-23)13-16-5-6-18-19(12-16)26-14-25-18/h2-6,11-12H,7-10,13-14H2,1H3,(H,21,24). The van der Waals surface area contributed by atoms with Crippen molar-refractivity contribution in [1.82, 2.24) is 9.80 Å². The lowest BCUT2D eigenvalue weighted by Crippen LogP contribution is -2.49. The van der Waals surface area contributed by atoms with Crippen molar-refractivity contribution in [3.63, 3.8) is 0 Å². The van der Waals surface area contributed by atoms with Crippen LogP contribution in [0.15, 0.2) is 42.5 Å². The molecule has 2 aliphatic rings. The van der Waals surface area contributed by atoms with Crippen molar-refractivity contribution in [1.29, 1.82) is 0 Å². The Morgan fingerprint density at radius 1 is 1.04 bits per heavy atom. The Hall–Kier alpha value is -2.73. The number of hydrogen-bond acceptors (Lipinski definition) is 4. The zero-order valence-corrected chi connectivity index (χ0v) is 14.9. The molecule has 1 saturated heterocycles. The van der Waals surface area contributed by atoms with Gasteiger partial charge in [0, 0.05) is 38.4 Å². The zero-order valence-electron chi connectivity index (χ0n) is 14.9. The second-order valence-electron chi connectivity index (χ2n) is 6.75. The molecule has 26 heavy (non-hydrogen) atoms. The summed E-state index contributed by atoms with van der Waals surface area (Å²) in [7, 11) is 0. The third kappa shape index (κ3) is 3.75. The summed E-state index contributed by atoms with van der Waals surface area (Å²) in [5.41, 5.74) is 3.18. The summed E-state index contributed by atoms with van der Waals surface area (Å²) in [6, 6.07) is 13.9. The maximum absolute atomic E-state index is 12.4. The van der Waals surface area contributed by atoms with Crippen molar-refractivity contribution < 1.29 is 14.3 Å². The van der Waals surface area contributed by atoms with Gasteiger partial charge in [0.05, 0.1) is 0 Å². The van der Waals surface area contributed by atoms with E-state index in [2.05, 4.69) is 16.3 Å². The van der Waals surface area contributed by atoms with E-state index < -0.39 is 0 Å². The van der Waals surface area contributed by atoms with E-state index in [9.17, 15) is 4.79 Å². The number of carbonyl (C=O) groups excluding carboxylic acids is 1. The summed E-state index contributed by atoms with van der Waals surface area (Å²) in [5, 5.41) is 2.98. The zero-order chi connectivity index (χ0) is 17.9. The Morgan fingerprint density at radius 2 is 1.85 bits per heavy atom. The molecular weight excluding hydrogens is 330 g/mol. The molecule has 4 rings (SSSR count). The molecule has 2 aliphatic heterocycles. The van der Waals surface area contributed by atoms with Crippen molar-refractivity contribution in [2.24, 2.45) is 0 Å². The molecule has 0 spiro atoms. The molecule has 2 amide bonds. The highest BCUT2D eigenvalue weighted by molar-refractivity contribution is 5.89. The van der Waals surface area contributed by atoms with Gasteiger partial charge in [0.15, 0.2) is 11.5 Å². The summed E-state index contributed by atoms with van der Waals surface area (Å²) in [4.78, 5) is 16.7. The highest BCUT2D eigenvalue weighted by Crippen LogP contribution is 2.32. The number of fused-ring (bicyclic) bond motifs is 1. The van der Waals surface area contributed by atoms with Gasteiger partial charge >= 0.3 is 6.03 Å². The van der Waals surface area contributed by atoms with E-state index in [1.54, 1.807) is 0 Å². The first-order valence-corrected chi connectivity index (χ1v) is 8.91. The van der Waals surface area contributed by atoms with Crippen LogP contribution in [0.25, 0.3) is 0 Å². The van der Waals surface area contributed by atoms with Gasteiger partial charge in [-0.3, -0.25) is 4.90 Å². The van der Waals surface area contributed by atoms with Crippen LogP contribution < -0.4 is 14.8 Å². The normalized spacial score (nSPS) is 16.6. The van der Waals surface area contributed by atoms with Crippen LogP contribution in [0, 0.1) is 6.92 Å². The number of benzene rings is 2. The fraction of sp³-hybridized carbons (Fsp3) is 0.350. The van der Waals surface area contributed by atoms with Crippen LogP contribution in [-0.4, -0.2) is 48.8 Å². The van der Waals surface area contributed by atoms with E-state index >= 15 is 0 Å². The number of rotatable bonds is 3. The molecule has 0 saturated carbocycles. The van der Waals surface area contributed by atoms with Crippen LogP contribution >= 0.6 is 0 Å². The number of urea groups is 1. The maximum atomic E-state index is 12.4. The van der Waals surface area contributed by atoms with Crippen LogP contribution in [0.5, 0.6) is 11.5 Å². The number of nitrogens with one attached hydrogen (secondary N) is 1. The molecule has 6 nitrogen and oxygen atoms in total. The Kier molecular flexibility index (Phi) is 4.67. The summed E-state index contributed by atoms with van der Waals surface area (Å²) in [6.07, 6.45) is 0. The fourth-order valence-corrected chi connectivity index (χ4v) is 3.33. The molecule has 2 aromatic carbocycles. The van der Waals surface area contributed by atoms with Gasteiger partial charge in [-0.15, -0.1) is 0 Å². The van der Waals surface area contributed by atoms with E-state index in [-0.39, 0.29) is 6.03 Å². The van der Waals surface area contributed by atoms with Gasteiger partial charge in [0.2, 0.25) is 6.79 Å². The average molecular weight is 353 g/mol. The number of amides is 2. The number of piperazine rings is 1. The number of aryl methyl sites for hydroxylation is 1. The number of carbonyl (C=O) groups is 1. The van der Waals surface area contributed by atoms with Crippen molar-refractivity contribution in [2.45, 2.75) is 13.5 Å². The van der Waals surface area contributed by atoms with E-state index in [4.69, 9.17) is 9.47 Å². The minimum atomic E-state index is -0.0293. The summed E-state index contributed by atoms with van der Waals surface area (Å²) in [5.74, 6) is 1.63. The van der Waals surface area contributed by atoms with Gasteiger partial charge in [-0.2, -0.15) is 0 Å². The first kappa shape index (κ1) is 16.7. The van der Waals surface area contributed by atoms with Crippen LogP contribution in [0.1, 0.15) is 11.1 Å². The Bertz CT molecular complexity index is 801. The van der Waals surface area contributed by atoms with Gasteiger partial charge in [0.25, 0.3) is 0 Å². The van der Waals surface area contributed by atoms with Gasteiger partial charge in [-0.25, -0.2) is 4.79 Å². The molecule has 2 heterocycles. The first-order chi connectivity index (χ1) is 12.7. The minimum Gasteiger partial charge on any atom is -0.454 e. The predicted octanol–water partition coefficient (Wildman–Crippen LogP) is 3.07. The number of nitrogens with zero attached hydrogens (tertiary/aromatic N) is 2. The quantitative estimate of drug-likeness (QED) is 0.921. The molecule has 1 fully saturated rings. The van der Waals surface area contributed by atoms with Crippen LogP contribution in [-0.2, 0) is 6.54 Å². The molecule has 0 radical (unpaired) electrons. The fourth-order valence-electron chi connectivity index (χ4n) is 3.33. The highest BCUT2D eigenvalue weighted by atomic mass is 16.7. The van der Waals surface area contributed by atoms with E-state index in [0.29, 0.717) is 6.79 Å². The topological polar surface area (TPSA) is 54.0 Å². The lowest BCUT2D eigenvalue weighted by Gasteiger charge is -2.34. The lowest BCUT2D eigenvalue weighted by molar-refractivity contribution is 0.143. The van der Waals surface area contributed by atoms with E-state index in [0.717, 1.165) is 55.5 Å². The first-order valence-electron chi connectivity index (χ1n) is 8.91. The number of anilines is 1.